The summed E-state index contributed by atoms with van der Waals surface area (Å²) in [7, 11) is 0. The fraction of sp³-hybridized carbons (Fsp3) is 0.667. The number of nitrogens with one attached hydrogen (secondary N) is 1. The Kier molecular flexibility index (Phi) is 6.10. The molecule has 1 aromatic rings. The van der Waals surface area contributed by atoms with Crippen molar-refractivity contribution in [3.8, 4) is 0 Å². The Morgan fingerprint density at radius 3 is 2.70 bits per heavy atom. The minimum absolute atomic E-state index is 0.0187. The molecule has 0 radical (unpaired) electrons. The third kappa shape index (κ3) is 3.77. The quantitative estimate of drug-likeness (QED) is 0.549. The Labute approximate surface area is 118 Å². The molecule has 1 heterocycles. The number of nitro groups is 1. The minimum atomic E-state index is -0.486. The topological polar surface area (TPSA) is 104 Å². The predicted molar refractivity (Wildman–Crippen MR) is 77.0 cm³/mol. The van der Waals surface area contributed by atoms with Crippen molar-refractivity contribution in [2.24, 2.45) is 0 Å². The zero-order chi connectivity index (χ0) is 15.1. The van der Waals surface area contributed by atoms with Crippen molar-refractivity contribution in [3.63, 3.8) is 0 Å². The fourth-order valence-electron chi connectivity index (χ4n) is 1.84. The lowest BCUT2D eigenvalue weighted by molar-refractivity contribution is -0.383. The highest BCUT2D eigenvalue weighted by Crippen LogP contribution is 2.32. The average molecular weight is 283 g/mol. The van der Waals surface area contributed by atoms with E-state index < -0.39 is 4.92 Å². The van der Waals surface area contributed by atoms with Crippen LogP contribution in [-0.4, -0.2) is 45.7 Å². The summed E-state index contributed by atoms with van der Waals surface area (Å²) in [6.45, 7) is 6.52. The van der Waals surface area contributed by atoms with Gasteiger partial charge < -0.3 is 15.3 Å². The van der Waals surface area contributed by atoms with Gasteiger partial charge in [0.15, 0.2) is 0 Å². The van der Waals surface area contributed by atoms with E-state index in [0.29, 0.717) is 6.54 Å². The first-order valence-electron chi connectivity index (χ1n) is 6.63. The van der Waals surface area contributed by atoms with Gasteiger partial charge in [-0.15, -0.1) is 0 Å². The fourth-order valence-corrected chi connectivity index (χ4v) is 1.84. The normalized spacial score (nSPS) is 10.7. The molecule has 0 saturated heterocycles. The molecule has 0 saturated carbocycles. The molecular formula is C12H21N5O3. The van der Waals surface area contributed by atoms with Crippen molar-refractivity contribution < 1.29 is 10.0 Å². The first kappa shape index (κ1) is 16.1. The van der Waals surface area contributed by atoms with Crippen LogP contribution in [0.5, 0.6) is 0 Å². The Bertz CT molecular complexity index is 453. The minimum Gasteiger partial charge on any atom is -0.395 e. The molecule has 8 heteroatoms. The molecule has 0 bridgehead atoms. The number of rotatable bonds is 8. The van der Waals surface area contributed by atoms with Crippen molar-refractivity contribution in [2.45, 2.75) is 33.2 Å². The van der Waals surface area contributed by atoms with Crippen molar-refractivity contribution in [1.82, 2.24) is 9.97 Å². The largest absolute Gasteiger partial charge is 0.395 e. The Balaban J connectivity index is 3.26. The van der Waals surface area contributed by atoms with Gasteiger partial charge in [0.2, 0.25) is 11.6 Å². The van der Waals surface area contributed by atoms with Gasteiger partial charge in [0, 0.05) is 19.1 Å². The van der Waals surface area contributed by atoms with Crippen molar-refractivity contribution in [3.05, 3.63) is 16.4 Å². The van der Waals surface area contributed by atoms with Crippen LogP contribution in [0.4, 0.5) is 17.3 Å². The summed E-state index contributed by atoms with van der Waals surface area (Å²) in [5, 5.41) is 23.4. The van der Waals surface area contributed by atoms with Gasteiger partial charge in [-0.3, -0.25) is 10.1 Å². The third-order valence-corrected chi connectivity index (χ3v) is 2.76. The summed E-state index contributed by atoms with van der Waals surface area (Å²) in [4.78, 5) is 20.5. The molecule has 0 atom stereocenters. The van der Waals surface area contributed by atoms with Crippen LogP contribution in [0, 0.1) is 10.1 Å². The van der Waals surface area contributed by atoms with E-state index >= 15 is 0 Å². The first-order valence-corrected chi connectivity index (χ1v) is 6.63. The van der Waals surface area contributed by atoms with Gasteiger partial charge in [-0.2, -0.15) is 0 Å². The Morgan fingerprint density at radius 1 is 1.50 bits per heavy atom. The van der Waals surface area contributed by atoms with Crippen LogP contribution in [0.3, 0.4) is 0 Å². The number of hydrogen-bond acceptors (Lipinski definition) is 7. The molecule has 0 spiro atoms. The lowest BCUT2D eigenvalue weighted by atomic mass is 10.3. The number of aromatic nitrogens is 2. The van der Waals surface area contributed by atoms with Crippen LogP contribution in [0.15, 0.2) is 6.33 Å². The number of nitrogens with zero attached hydrogens (tertiary/aromatic N) is 4. The highest BCUT2D eigenvalue weighted by atomic mass is 16.6. The Hall–Kier alpha value is -1.96. The molecule has 1 aromatic heterocycles. The molecule has 0 aromatic carbocycles. The summed E-state index contributed by atoms with van der Waals surface area (Å²) < 4.78 is 0. The van der Waals surface area contributed by atoms with Crippen LogP contribution in [0.25, 0.3) is 0 Å². The van der Waals surface area contributed by atoms with Crippen LogP contribution in [0.2, 0.25) is 0 Å². The average Bonchev–Trinajstić information content (AvgIpc) is 2.41. The summed E-state index contributed by atoms with van der Waals surface area (Å²) >= 11 is 0. The lowest BCUT2D eigenvalue weighted by Gasteiger charge is -2.26. The van der Waals surface area contributed by atoms with Crippen LogP contribution >= 0.6 is 0 Å². The second-order valence-corrected chi connectivity index (χ2v) is 4.59. The number of hydrogen-bond donors (Lipinski definition) is 2. The second kappa shape index (κ2) is 7.59. The highest BCUT2D eigenvalue weighted by Gasteiger charge is 2.27. The van der Waals surface area contributed by atoms with E-state index in [2.05, 4.69) is 15.3 Å². The molecule has 0 fully saturated rings. The summed E-state index contributed by atoms with van der Waals surface area (Å²) in [6.07, 6.45) is 2.13. The van der Waals surface area contributed by atoms with E-state index in [0.717, 1.165) is 6.42 Å². The lowest BCUT2D eigenvalue weighted by Crippen LogP contribution is -2.34. The van der Waals surface area contributed by atoms with Gasteiger partial charge in [-0.1, -0.05) is 6.92 Å². The molecular weight excluding hydrogens is 262 g/mol. The molecule has 0 aliphatic rings. The number of anilines is 2. The van der Waals surface area contributed by atoms with Crippen LogP contribution in [0.1, 0.15) is 27.2 Å². The maximum absolute atomic E-state index is 11.3. The van der Waals surface area contributed by atoms with E-state index in [9.17, 15) is 10.1 Å². The molecule has 8 nitrogen and oxygen atoms in total. The molecule has 2 N–H and O–H groups in total. The monoisotopic (exact) mass is 283 g/mol. The highest BCUT2D eigenvalue weighted by molar-refractivity contribution is 5.70. The first-order chi connectivity index (χ1) is 9.52. The number of aliphatic hydroxyl groups is 1. The molecule has 0 unspecified atom stereocenters. The SMILES string of the molecule is CCCNc1ncnc(N(CCO)C(C)C)c1[N+](=O)[O-]. The second-order valence-electron chi connectivity index (χ2n) is 4.59. The van der Waals surface area contributed by atoms with E-state index in [1.165, 1.54) is 6.33 Å². The van der Waals surface area contributed by atoms with E-state index in [1.807, 2.05) is 20.8 Å². The van der Waals surface area contributed by atoms with Gasteiger partial charge in [0.05, 0.1) is 11.5 Å². The van der Waals surface area contributed by atoms with Crippen LogP contribution in [-0.2, 0) is 0 Å². The number of aliphatic hydroxyl groups excluding tert-OH is 1. The summed E-state index contributed by atoms with van der Waals surface area (Å²) in [5.41, 5.74) is -0.150. The summed E-state index contributed by atoms with van der Waals surface area (Å²) in [5.74, 6) is 0.443. The molecule has 0 aliphatic heterocycles. The standard InChI is InChI=1S/C12H21N5O3/c1-4-5-13-11-10(17(19)20)12(15-8-14-11)16(6-7-18)9(2)3/h8-9,18H,4-7H2,1-3H3,(H,13,14,15). The van der Waals surface area contributed by atoms with Gasteiger partial charge in [0.25, 0.3) is 0 Å². The van der Waals surface area contributed by atoms with Crippen molar-refractivity contribution in [2.75, 3.05) is 29.9 Å². The van der Waals surface area contributed by atoms with E-state index in [4.69, 9.17) is 5.11 Å². The predicted octanol–water partition coefficient (Wildman–Crippen LogP) is 1.41. The zero-order valence-electron chi connectivity index (χ0n) is 12.0. The molecule has 20 heavy (non-hydrogen) atoms. The smallest absolute Gasteiger partial charge is 0.353 e. The van der Waals surface area contributed by atoms with Crippen molar-refractivity contribution in [1.29, 1.82) is 0 Å². The maximum atomic E-state index is 11.3. The van der Waals surface area contributed by atoms with Gasteiger partial charge in [-0.05, 0) is 20.3 Å². The molecule has 0 aliphatic carbocycles. The van der Waals surface area contributed by atoms with E-state index in [1.54, 1.807) is 4.90 Å². The third-order valence-electron chi connectivity index (χ3n) is 2.76. The van der Waals surface area contributed by atoms with Gasteiger partial charge in [0.1, 0.15) is 6.33 Å². The molecule has 112 valence electrons. The molecule has 1 rings (SSSR count). The maximum Gasteiger partial charge on any atom is 0.353 e. The molecule has 0 amide bonds. The summed E-state index contributed by atoms with van der Waals surface area (Å²) in [6, 6.07) is -0.0187. The van der Waals surface area contributed by atoms with E-state index in [-0.39, 0.29) is 36.5 Å². The van der Waals surface area contributed by atoms with Crippen molar-refractivity contribution >= 4 is 17.3 Å². The van der Waals surface area contributed by atoms with Gasteiger partial charge >= 0.3 is 5.69 Å². The van der Waals surface area contributed by atoms with Gasteiger partial charge in [-0.25, -0.2) is 9.97 Å². The zero-order valence-corrected chi connectivity index (χ0v) is 12.0. The Morgan fingerprint density at radius 2 is 2.20 bits per heavy atom. The van der Waals surface area contributed by atoms with Crippen LogP contribution < -0.4 is 10.2 Å².